The number of halogens is 3. The molecule has 0 aliphatic heterocycles. The Hall–Kier alpha value is -0.480. The highest BCUT2D eigenvalue weighted by Gasteiger charge is 2.22. The number of hydrogen-bond donors (Lipinski definition) is 2. The average Bonchev–Trinajstić information content (AvgIpc) is 2.75. The number of hydrogen-bond acceptors (Lipinski definition) is 4. The summed E-state index contributed by atoms with van der Waals surface area (Å²) in [6.07, 6.45) is 0. The molecule has 4 nitrogen and oxygen atoms in total. The Morgan fingerprint density at radius 2 is 2.00 bits per heavy atom. The SMILES string of the molecule is O=S(=O)(Nc1ccc(Br)cc1F)c1cc(CO)sc1Br. The molecule has 0 aliphatic rings. The van der Waals surface area contributed by atoms with Crippen molar-refractivity contribution in [3.05, 3.63) is 43.2 Å². The van der Waals surface area contributed by atoms with E-state index in [4.69, 9.17) is 5.11 Å². The third-order valence-corrected chi connectivity index (χ3v) is 6.42. The van der Waals surface area contributed by atoms with Crippen LogP contribution in [0, 0.1) is 5.82 Å². The largest absolute Gasteiger partial charge is 0.391 e. The zero-order valence-electron chi connectivity index (χ0n) is 9.73. The van der Waals surface area contributed by atoms with Gasteiger partial charge in [-0.05, 0) is 40.2 Å². The number of anilines is 1. The summed E-state index contributed by atoms with van der Waals surface area (Å²) in [5.41, 5.74) is -0.142. The number of aliphatic hydroxyl groups excluding tert-OH is 1. The van der Waals surface area contributed by atoms with Crippen LogP contribution in [-0.2, 0) is 16.6 Å². The molecule has 0 aliphatic carbocycles. The zero-order chi connectivity index (χ0) is 14.9. The number of rotatable bonds is 4. The first-order valence-corrected chi connectivity index (χ1v) is 9.09. The summed E-state index contributed by atoms with van der Waals surface area (Å²) in [4.78, 5) is 0.461. The molecule has 1 heterocycles. The van der Waals surface area contributed by atoms with Crippen LogP contribution in [0.5, 0.6) is 0 Å². The Bertz CT molecular complexity index is 746. The molecule has 0 atom stereocenters. The van der Waals surface area contributed by atoms with Gasteiger partial charge < -0.3 is 5.11 Å². The monoisotopic (exact) mass is 443 g/mol. The summed E-state index contributed by atoms with van der Waals surface area (Å²) in [6.45, 7) is -0.259. The Balaban J connectivity index is 2.38. The Labute approximate surface area is 135 Å². The summed E-state index contributed by atoms with van der Waals surface area (Å²) in [5, 5.41) is 9.01. The van der Waals surface area contributed by atoms with Crippen LogP contribution in [0.25, 0.3) is 0 Å². The van der Waals surface area contributed by atoms with Crippen molar-refractivity contribution in [3.8, 4) is 0 Å². The van der Waals surface area contributed by atoms with Gasteiger partial charge in [0.1, 0.15) is 10.7 Å². The van der Waals surface area contributed by atoms with Gasteiger partial charge in [-0.1, -0.05) is 15.9 Å². The van der Waals surface area contributed by atoms with Crippen molar-refractivity contribution in [2.75, 3.05) is 4.72 Å². The minimum Gasteiger partial charge on any atom is -0.391 e. The lowest BCUT2D eigenvalue weighted by Gasteiger charge is -2.08. The predicted molar refractivity (Wildman–Crippen MR) is 82.9 cm³/mol. The van der Waals surface area contributed by atoms with Gasteiger partial charge in [0.15, 0.2) is 0 Å². The van der Waals surface area contributed by atoms with Gasteiger partial charge in [0.25, 0.3) is 10.0 Å². The molecule has 0 fully saturated rings. The highest BCUT2D eigenvalue weighted by atomic mass is 79.9. The molecule has 1 aromatic carbocycles. The number of thiophene rings is 1. The van der Waals surface area contributed by atoms with Gasteiger partial charge in [0.2, 0.25) is 0 Å². The maximum Gasteiger partial charge on any atom is 0.263 e. The molecule has 1 aromatic heterocycles. The molecular weight excluding hydrogens is 437 g/mol. The molecule has 20 heavy (non-hydrogen) atoms. The molecule has 2 aromatic rings. The first kappa shape index (κ1) is 15.9. The van der Waals surface area contributed by atoms with Crippen molar-refractivity contribution < 1.29 is 17.9 Å². The number of sulfonamides is 1. The van der Waals surface area contributed by atoms with E-state index in [0.29, 0.717) is 13.1 Å². The highest BCUT2D eigenvalue weighted by Crippen LogP contribution is 2.33. The van der Waals surface area contributed by atoms with Gasteiger partial charge in [-0.25, -0.2) is 12.8 Å². The fraction of sp³-hybridized carbons (Fsp3) is 0.0909. The van der Waals surface area contributed by atoms with E-state index >= 15 is 0 Å². The Morgan fingerprint density at radius 1 is 1.30 bits per heavy atom. The van der Waals surface area contributed by atoms with Crippen LogP contribution in [0.3, 0.4) is 0 Å². The molecule has 0 radical (unpaired) electrons. The number of benzene rings is 1. The summed E-state index contributed by atoms with van der Waals surface area (Å²) in [7, 11) is -3.92. The quantitative estimate of drug-likeness (QED) is 0.755. The molecule has 108 valence electrons. The van der Waals surface area contributed by atoms with Gasteiger partial charge in [0.05, 0.1) is 16.1 Å². The molecule has 0 saturated heterocycles. The van der Waals surface area contributed by atoms with Crippen molar-refractivity contribution in [2.45, 2.75) is 11.5 Å². The van der Waals surface area contributed by atoms with E-state index in [1.165, 1.54) is 24.3 Å². The number of nitrogens with one attached hydrogen (secondary N) is 1. The molecular formula is C11H8Br2FNO3S2. The van der Waals surface area contributed by atoms with Crippen molar-refractivity contribution in [2.24, 2.45) is 0 Å². The molecule has 0 unspecified atom stereocenters. The van der Waals surface area contributed by atoms with Crippen molar-refractivity contribution in [3.63, 3.8) is 0 Å². The lowest BCUT2D eigenvalue weighted by Crippen LogP contribution is -2.13. The standard InChI is InChI=1S/C11H8Br2FNO3S2/c12-6-1-2-9(8(14)3-6)15-20(17,18)10-4-7(5-16)19-11(10)13/h1-4,15-16H,5H2. The second-order valence-corrected chi connectivity index (χ2v) is 8.76. The van der Waals surface area contributed by atoms with Gasteiger partial charge in [-0.2, -0.15) is 0 Å². The average molecular weight is 445 g/mol. The maximum atomic E-state index is 13.7. The third-order valence-electron chi connectivity index (χ3n) is 2.33. The van der Waals surface area contributed by atoms with Crippen LogP contribution in [-0.4, -0.2) is 13.5 Å². The van der Waals surface area contributed by atoms with E-state index in [9.17, 15) is 12.8 Å². The maximum absolute atomic E-state index is 13.7. The van der Waals surface area contributed by atoms with Crippen LogP contribution in [0.1, 0.15) is 4.88 Å². The smallest absolute Gasteiger partial charge is 0.263 e. The highest BCUT2D eigenvalue weighted by molar-refractivity contribution is 9.11. The topological polar surface area (TPSA) is 66.4 Å². The minimum absolute atomic E-state index is 0.0335. The molecule has 0 amide bonds. The molecule has 2 N–H and O–H groups in total. The van der Waals surface area contributed by atoms with Crippen molar-refractivity contribution >= 4 is 58.9 Å². The van der Waals surface area contributed by atoms with Gasteiger partial charge in [-0.15, -0.1) is 11.3 Å². The normalized spacial score (nSPS) is 11.6. The fourth-order valence-corrected chi connectivity index (χ4v) is 5.38. The molecule has 0 bridgehead atoms. The Morgan fingerprint density at radius 3 is 2.55 bits per heavy atom. The van der Waals surface area contributed by atoms with Crippen LogP contribution in [0.15, 0.2) is 37.4 Å². The molecule has 2 rings (SSSR count). The van der Waals surface area contributed by atoms with Crippen LogP contribution in [0.2, 0.25) is 0 Å². The van der Waals surface area contributed by atoms with E-state index < -0.39 is 15.8 Å². The van der Waals surface area contributed by atoms with E-state index in [1.54, 1.807) is 0 Å². The molecule has 0 saturated carbocycles. The van der Waals surface area contributed by atoms with Gasteiger partial charge in [-0.3, -0.25) is 4.72 Å². The van der Waals surface area contributed by atoms with Crippen LogP contribution >= 0.6 is 43.2 Å². The number of aliphatic hydroxyl groups is 1. The molecule has 9 heteroatoms. The van der Waals surface area contributed by atoms with E-state index in [0.717, 1.165) is 11.3 Å². The summed E-state index contributed by atoms with van der Waals surface area (Å²) >= 11 is 7.32. The van der Waals surface area contributed by atoms with Crippen molar-refractivity contribution in [1.29, 1.82) is 0 Å². The lowest BCUT2D eigenvalue weighted by atomic mass is 10.3. The van der Waals surface area contributed by atoms with Crippen molar-refractivity contribution in [1.82, 2.24) is 0 Å². The summed E-state index contributed by atoms with van der Waals surface area (Å²) in [6, 6.07) is 5.36. The summed E-state index contributed by atoms with van der Waals surface area (Å²) in [5.74, 6) is -0.684. The second kappa shape index (κ2) is 6.10. The molecule has 0 spiro atoms. The van der Waals surface area contributed by atoms with E-state index in [2.05, 4.69) is 36.6 Å². The van der Waals surface area contributed by atoms with E-state index in [1.807, 2.05) is 0 Å². The minimum atomic E-state index is -3.92. The van der Waals surface area contributed by atoms with E-state index in [-0.39, 0.29) is 17.2 Å². The predicted octanol–water partition coefficient (Wildman–Crippen LogP) is 3.71. The third kappa shape index (κ3) is 3.40. The van der Waals surface area contributed by atoms with Crippen LogP contribution < -0.4 is 4.72 Å². The van der Waals surface area contributed by atoms with Gasteiger partial charge >= 0.3 is 0 Å². The zero-order valence-corrected chi connectivity index (χ0v) is 14.5. The first-order valence-electron chi connectivity index (χ1n) is 5.20. The second-order valence-electron chi connectivity index (χ2n) is 3.74. The summed E-state index contributed by atoms with van der Waals surface area (Å²) < 4.78 is 41.1. The lowest BCUT2D eigenvalue weighted by molar-refractivity contribution is 0.285. The Kier molecular flexibility index (Phi) is 4.85. The van der Waals surface area contributed by atoms with Gasteiger partial charge in [0, 0.05) is 9.35 Å². The first-order chi connectivity index (χ1) is 9.33. The van der Waals surface area contributed by atoms with Crippen LogP contribution in [0.4, 0.5) is 10.1 Å². The fourth-order valence-electron chi connectivity index (χ4n) is 1.43.